The first-order valence-corrected chi connectivity index (χ1v) is 11.6. The number of nitrogens with zero attached hydrogens (tertiary/aromatic N) is 5. The molecule has 10 heteroatoms. The molecule has 0 amide bonds. The van der Waals surface area contributed by atoms with Crippen molar-refractivity contribution in [3.8, 4) is 5.75 Å². The van der Waals surface area contributed by atoms with Gasteiger partial charge < -0.3 is 14.2 Å². The van der Waals surface area contributed by atoms with Crippen LogP contribution in [0, 0.1) is 5.92 Å². The summed E-state index contributed by atoms with van der Waals surface area (Å²) in [5.41, 5.74) is 1.47. The van der Waals surface area contributed by atoms with Crippen molar-refractivity contribution in [3.05, 3.63) is 78.9 Å². The minimum Gasteiger partial charge on any atom is -0.497 e. The van der Waals surface area contributed by atoms with Crippen molar-refractivity contribution in [2.24, 2.45) is 13.0 Å². The molecular weight excluding hydrogens is 477 g/mol. The fourth-order valence-corrected chi connectivity index (χ4v) is 4.91. The van der Waals surface area contributed by atoms with Gasteiger partial charge in [-0.2, -0.15) is 4.98 Å². The van der Waals surface area contributed by atoms with E-state index in [1.807, 2.05) is 28.8 Å². The SMILES string of the molecule is COc1ccc(N2C[C@H](C)Cn3c2nc2c3c(=O)n(Cc3ccc(Cl)cc3Cl)c(=O)n2C)cc1. The average molecular weight is 500 g/mol. The van der Waals surface area contributed by atoms with Crippen LogP contribution >= 0.6 is 23.2 Å². The predicted molar refractivity (Wildman–Crippen MR) is 134 cm³/mol. The Morgan fingerprint density at radius 2 is 1.82 bits per heavy atom. The van der Waals surface area contributed by atoms with Crippen molar-refractivity contribution in [3.63, 3.8) is 0 Å². The number of fused-ring (bicyclic) bond motifs is 3. The van der Waals surface area contributed by atoms with Gasteiger partial charge in [0.1, 0.15) is 5.75 Å². The van der Waals surface area contributed by atoms with Crippen LogP contribution in [-0.2, 0) is 20.1 Å². The summed E-state index contributed by atoms with van der Waals surface area (Å²) in [7, 11) is 3.25. The van der Waals surface area contributed by atoms with Gasteiger partial charge in [-0.25, -0.2) is 4.79 Å². The van der Waals surface area contributed by atoms with Crippen LogP contribution in [0.15, 0.2) is 52.1 Å². The second-order valence-electron chi connectivity index (χ2n) is 8.58. The van der Waals surface area contributed by atoms with Crippen LogP contribution in [0.3, 0.4) is 0 Å². The molecule has 0 saturated heterocycles. The number of benzene rings is 2. The molecule has 0 aliphatic carbocycles. The smallest absolute Gasteiger partial charge is 0.332 e. The molecule has 0 N–H and O–H groups in total. The Bertz CT molecular complexity index is 1520. The van der Waals surface area contributed by atoms with Crippen molar-refractivity contribution in [1.82, 2.24) is 18.7 Å². The lowest BCUT2D eigenvalue weighted by Gasteiger charge is -2.33. The number of hydrogen-bond donors (Lipinski definition) is 0. The van der Waals surface area contributed by atoms with Crippen LogP contribution in [0.25, 0.3) is 11.2 Å². The summed E-state index contributed by atoms with van der Waals surface area (Å²) in [5.74, 6) is 1.64. The summed E-state index contributed by atoms with van der Waals surface area (Å²) in [5, 5.41) is 0.887. The first kappa shape index (κ1) is 22.6. The molecule has 0 fully saturated rings. The first-order chi connectivity index (χ1) is 16.3. The number of ether oxygens (including phenoxy) is 1. The van der Waals surface area contributed by atoms with Crippen molar-refractivity contribution in [2.45, 2.75) is 20.0 Å². The standard InChI is InChI=1S/C24H23Cl2N5O3/c1-14-11-29(17-6-8-18(34-3)9-7-17)23-27-21-20(30(23)12-14)22(32)31(24(33)28(21)2)13-15-4-5-16(25)10-19(15)26/h4-10,14H,11-13H2,1-3H3/t14-/m0/s1. The maximum atomic E-state index is 13.6. The highest BCUT2D eigenvalue weighted by molar-refractivity contribution is 6.35. The number of rotatable bonds is 4. The molecule has 2 aromatic carbocycles. The third-order valence-corrected chi connectivity index (χ3v) is 6.76. The molecule has 1 aliphatic heterocycles. The summed E-state index contributed by atoms with van der Waals surface area (Å²) < 4.78 is 9.81. The third-order valence-electron chi connectivity index (χ3n) is 6.17. The zero-order valence-corrected chi connectivity index (χ0v) is 20.5. The Balaban J connectivity index is 1.69. The van der Waals surface area contributed by atoms with Crippen LogP contribution in [0.4, 0.5) is 11.6 Å². The Kier molecular flexibility index (Phi) is 5.65. The summed E-state index contributed by atoms with van der Waals surface area (Å²) in [6.45, 7) is 3.51. The topological polar surface area (TPSA) is 74.3 Å². The van der Waals surface area contributed by atoms with Gasteiger partial charge in [-0.3, -0.25) is 13.9 Å². The van der Waals surface area contributed by atoms with E-state index in [0.717, 1.165) is 18.0 Å². The van der Waals surface area contributed by atoms with Crippen molar-refractivity contribution < 1.29 is 4.74 Å². The predicted octanol–water partition coefficient (Wildman–Crippen LogP) is 4.05. The summed E-state index contributed by atoms with van der Waals surface area (Å²) in [6.07, 6.45) is 0. The monoisotopic (exact) mass is 499 g/mol. The molecule has 0 unspecified atom stereocenters. The van der Waals surface area contributed by atoms with Gasteiger partial charge in [-0.05, 0) is 47.9 Å². The summed E-state index contributed by atoms with van der Waals surface area (Å²) in [4.78, 5) is 33.6. The highest BCUT2D eigenvalue weighted by Gasteiger charge is 2.30. The van der Waals surface area contributed by atoms with E-state index in [2.05, 4.69) is 11.8 Å². The molecule has 176 valence electrons. The zero-order valence-electron chi connectivity index (χ0n) is 19.0. The minimum absolute atomic E-state index is 0.0374. The second-order valence-corrected chi connectivity index (χ2v) is 9.42. The van der Waals surface area contributed by atoms with Gasteiger partial charge in [0.05, 0.1) is 13.7 Å². The van der Waals surface area contributed by atoms with E-state index >= 15 is 0 Å². The Labute approximate surface area is 205 Å². The van der Waals surface area contributed by atoms with E-state index in [1.165, 1.54) is 9.13 Å². The van der Waals surface area contributed by atoms with E-state index in [-0.39, 0.29) is 12.5 Å². The lowest BCUT2D eigenvalue weighted by atomic mass is 10.1. The molecule has 0 bridgehead atoms. The number of hydrogen-bond acceptors (Lipinski definition) is 5. The quantitative estimate of drug-likeness (QED) is 0.423. The molecule has 4 aromatic rings. The number of aromatic nitrogens is 4. The molecule has 8 nitrogen and oxygen atoms in total. The van der Waals surface area contributed by atoms with Crippen LogP contribution in [0.5, 0.6) is 5.75 Å². The number of imidazole rings is 1. The molecule has 0 spiro atoms. The van der Waals surface area contributed by atoms with Crippen LogP contribution in [0.1, 0.15) is 12.5 Å². The molecular formula is C24H23Cl2N5O3. The Morgan fingerprint density at radius 1 is 1.09 bits per heavy atom. The van der Waals surface area contributed by atoms with Gasteiger partial charge in [-0.1, -0.05) is 36.2 Å². The largest absolute Gasteiger partial charge is 0.497 e. The van der Waals surface area contributed by atoms with E-state index in [4.69, 9.17) is 32.9 Å². The zero-order chi connectivity index (χ0) is 24.1. The molecule has 5 rings (SSSR count). The van der Waals surface area contributed by atoms with Gasteiger partial charge in [0.2, 0.25) is 5.95 Å². The van der Waals surface area contributed by atoms with Crippen LogP contribution < -0.4 is 20.9 Å². The lowest BCUT2D eigenvalue weighted by Crippen LogP contribution is -2.40. The molecule has 34 heavy (non-hydrogen) atoms. The maximum Gasteiger partial charge on any atom is 0.332 e. The van der Waals surface area contributed by atoms with Crippen molar-refractivity contribution in [1.29, 1.82) is 0 Å². The molecule has 1 aliphatic rings. The lowest BCUT2D eigenvalue weighted by molar-refractivity contribution is 0.414. The van der Waals surface area contributed by atoms with Gasteiger partial charge in [-0.15, -0.1) is 0 Å². The van der Waals surface area contributed by atoms with E-state index < -0.39 is 11.2 Å². The minimum atomic E-state index is -0.456. The van der Waals surface area contributed by atoms with Gasteiger partial charge >= 0.3 is 5.69 Å². The van der Waals surface area contributed by atoms with Gasteiger partial charge in [0.25, 0.3) is 5.56 Å². The Morgan fingerprint density at radius 3 is 2.50 bits per heavy atom. The fraction of sp³-hybridized carbons (Fsp3) is 0.292. The molecule has 1 atom stereocenters. The first-order valence-electron chi connectivity index (χ1n) is 10.8. The van der Waals surface area contributed by atoms with Gasteiger partial charge in [0.15, 0.2) is 11.2 Å². The van der Waals surface area contributed by atoms with Crippen molar-refractivity contribution >= 4 is 46.0 Å². The number of aryl methyl sites for hydroxylation is 1. The Hall–Kier alpha value is -3.23. The number of methoxy groups -OCH3 is 1. The highest BCUT2D eigenvalue weighted by atomic mass is 35.5. The molecule has 0 radical (unpaired) electrons. The molecule has 3 heterocycles. The van der Waals surface area contributed by atoms with Gasteiger partial charge in [0, 0.05) is 35.9 Å². The van der Waals surface area contributed by atoms with Crippen LogP contribution in [-0.4, -0.2) is 32.3 Å². The van der Waals surface area contributed by atoms with E-state index in [0.29, 0.717) is 39.3 Å². The molecule has 2 aromatic heterocycles. The number of halogens is 2. The third kappa shape index (κ3) is 3.67. The maximum absolute atomic E-state index is 13.6. The van der Waals surface area contributed by atoms with E-state index in [9.17, 15) is 9.59 Å². The average Bonchev–Trinajstić information content (AvgIpc) is 3.21. The second kappa shape index (κ2) is 8.52. The van der Waals surface area contributed by atoms with Crippen molar-refractivity contribution in [2.75, 3.05) is 18.6 Å². The fourth-order valence-electron chi connectivity index (χ4n) is 4.44. The van der Waals surface area contributed by atoms with Crippen LogP contribution in [0.2, 0.25) is 10.0 Å². The number of anilines is 2. The summed E-state index contributed by atoms with van der Waals surface area (Å²) in [6, 6.07) is 12.7. The highest BCUT2D eigenvalue weighted by Crippen LogP contribution is 2.33. The molecule has 0 saturated carbocycles. The normalized spacial score (nSPS) is 15.6. The van der Waals surface area contributed by atoms with E-state index in [1.54, 1.807) is 32.4 Å². The summed E-state index contributed by atoms with van der Waals surface area (Å²) >= 11 is 12.3.